The van der Waals surface area contributed by atoms with E-state index in [1.165, 1.54) is 12.1 Å². The summed E-state index contributed by atoms with van der Waals surface area (Å²) in [6.07, 6.45) is -0.00481. The maximum absolute atomic E-state index is 13.4. The average Bonchev–Trinajstić information content (AvgIpc) is 2.37. The maximum atomic E-state index is 13.4. The molecule has 0 aliphatic carbocycles. The Morgan fingerprint density at radius 3 is 2.89 bits per heavy atom. The van der Waals surface area contributed by atoms with Crippen LogP contribution in [0, 0.1) is 12.7 Å². The molecule has 0 radical (unpaired) electrons. The zero-order valence-electron chi connectivity index (χ0n) is 11.0. The summed E-state index contributed by atoms with van der Waals surface area (Å²) in [6, 6.07) is 4.43. The van der Waals surface area contributed by atoms with Gasteiger partial charge in [-0.3, -0.25) is 4.79 Å². The summed E-state index contributed by atoms with van der Waals surface area (Å²) in [7, 11) is 0. The Hall–Kier alpha value is -0.940. The largest absolute Gasteiger partial charge is 0.373 e. The topological polar surface area (TPSA) is 29.5 Å². The number of morpholine rings is 1. The molecule has 0 aromatic heterocycles. The van der Waals surface area contributed by atoms with Crippen LogP contribution < -0.4 is 0 Å². The Morgan fingerprint density at radius 2 is 2.26 bits per heavy atom. The highest BCUT2D eigenvalue weighted by molar-refractivity contribution is 9.09. The predicted molar refractivity (Wildman–Crippen MR) is 75.2 cm³/mol. The third-order valence-electron chi connectivity index (χ3n) is 3.23. The Bertz CT molecular complexity index is 460. The van der Waals surface area contributed by atoms with Crippen LogP contribution >= 0.6 is 15.9 Å². The van der Waals surface area contributed by atoms with Gasteiger partial charge in [0.2, 0.25) is 0 Å². The minimum absolute atomic E-state index is 0.00481. The molecule has 3 nitrogen and oxygen atoms in total. The lowest BCUT2D eigenvalue weighted by Gasteiger charge is -2.37. The molecule has 0 saturated carbocycles. The Balaban J connectivity index is 2.21. The Labute approximate surface area is 120 Å². The second-order valence-corrected chi connectivity index (χ2v) is 5.58. The summed E-state index contributed by atoms with van der Waals surface area (Å²) in [5.41, 5.74) is 1.15. The SMILES string of the molecule is Cc1cc(F)cc(C(=O)N2CC(CBr)OCC2C)c1. The molecule has 1 aromatic rings. The second-order valence-electron chi connectivity index (χ2n) is 4.93. The fraction of sp³-hybridized carbons (Fsp3) is 0.500. The van der Waals surface area contributed by atoms with Crippen LogP contribution in [0.4, 0.5) is 4.39 Å². The van der Waals surface area contributed by atoms with Gasteiger partial charge in [-0.1, -0.05) is 15.9 Å². The van der Waals surface area contributed by atoms with Crippen molar-refractivity contribution >= 4 is 21.8 Å². The van der Waals surface area contributed by atoms with Crippen LogP contribution in [0.3, 0.4) is 0 Å². The van der Waals surface area contributed by atoms with E-state index in [0.717, 1.165) is 5.56 Å². The molecule has 0 N–H and O–H groups in total. The predicted octanol–water partition coefficient (Wildman–Crippen LogP) is 2.76. The van der Waals surface area contributed by atoms with Gasteiger partial charge in [0.15, 0.2) is 0 Å². The van der Waals surface area contributed by atoms with Gasteiger partial charge in [-0.05, 0) is 37.6 Å². The van der Waals surface area contributed by atoms with E-state index < -0.39 is 0 Å². The standard InChI is InChI=1S/C14H17BrFNO2/c1-9-3-11(5-12(16)4-9)14(18)17-7-13(6-15)19-8-10(17)2/h3-5,10,13H,6-8H2,1-2H3. The normalized spacial score (nSPS) is 23.5. The summed E-state index contributed by atoms with van der Waals surface area (Å²) >= 11 is 3.36. The molecule has 1 fully saturated rings. The van der Waals surface area contributed by atoms with Gasteiger partial charge in [-0.25, -0.2) is 4.39 Å². The average molecular weight is 330 g/mol. The first kappa shape index (κ1) is 14.5. The van der Waals surface area contributed by atoms with Crippen LogP contribution in [0.2, 0.25) is 0 Å². The molecule has 1 heterocycles. The molecule has 1 aliphatic rings. The second kappa shape index (κ2) is 6.01. The van der Waals surface area contributed by atoms with Crippen molar-refractivity contribution < 1.29 is 13.9 Å². The van der Waals surface area contributed by atoms with Crippen molar-refractivity contribution in [1.82, 2.24) is 4.90 Å². The molecular weight excluding hydrogens is 313 g/mol. The highest BCUT2D eigenvalue weighted by Crippen LogP contribution is 2.18. The number of carbonyl (C=O) groups is 1. The number of aryl methyl sites for hydroxylation is 1. The molecule has 0 spiro atoms. The molecule has 2 unspecified atom stereocenters. The molecule has 5 heteroatoms. The van der Waals surface area contributed by atoms with Crippen molar-refractivity contribution in [2.45, 2.75) is 26.0 Å². The summed E-state index contributed by atoms with van der Waals surface area (Å²) in [4.78, 5) is 14.2. The van der Waals surface area contributed by atoms with Crippen LogP contribution in [-0.4, -0.2) is 41.4 Å². The number of halogens is 2. The first-order valence-electron chi connectivity index (χ1n) is 6.27. The third kappa shape index (κ3) is 3.34. The number of amides is 1. The Kier molecular flexibility index (Phi) is 4.58. The lowest BCUT2D eigenvalue weighted by Crippen LogP contribution is -2.51. The number of alkyl halides is 1. The van der Waals surface area contributed by atoms with Gasteiger partial charge in [-0.2, -0.15) is 0 Å². The summed E-state index contributed by atoms with van der Waals surface area (Å²) in [5, 5.41) is 0.686. The minimum atomic E-state index is -0.374. The molecule has 2 atom stereocenters. The van der Waals surface area contributed by atoms with Gasteiger partial charge in [0.1, 0.15) is 5.82 Å². The first-order chi connectivity index (χ1) is 9.01. The van der Waals surface area contributed by atoms with E-state index in [9.17, 15) is 9.18 Å². The zero-order chi connectivity index (χ0) is 14.0. The van der Waals surface area contributed by atoms with Gasteiger partial charge in [-0.15, -0.1) is 0 Å². The van der Waals surface area contributed by atoms with Gasteiger partial charge < -0.3 is 9.64 Å². The molecular formula is C14H17BrFNO2. The number of benzene rings is 1. The third-order valence-corrected chi connectivity index (χ3v) is 3.95. The number of hydrogen-bond acceptors (Lipinski definition) is 2. The fourth-order valence-electron chi connectivity index (χ4n) is 2.22. The van der Waals surface area contributed by atoms with Crippen LogP contribution in [0.25, 0.3) is 0 Å². The van der Waals surface area contributed by atoms with Crippen molar-refractivity contribution in [1.29, 1.82) is 0 Å². The minimum Gasteiger partial charge on any atom is -0.373 e. The first-order valence-corrected chi connectivity index (χ1v) is 7.39. The lowest BCUT2D eigenvalue weighted by molar-refractivity contribution is -0.0361. The maximum Gasteiger partial charge on any atom is 0.254 e. The van der Waals surface area contributed by atoms with Crippen molar-refractivity contribution in [2.75, 3.05) is 18.5 Å². The summed E-state index contributed by atoms with van der Waals surface area (Å²) < 4.78 is 19.0. The van der Waals surface area contributed by atoms with Gasteiger partial charge >= 0.3 is 0 Å². The zero-order valence-corrected chi connectivity index (χ0v) is 12.6. The van der Waals surface area contributed by atoms with Crippen LogP contribution in [-0.2, 0) is 4.74 Å². The van der Waals surface area contributed by atoms with E-state index in [1.54, 1.807) is 17.9 Å². The van der Waals surface area contributed by atoms with Crippen LogP contribution in [0.1, 0.15) is 22.8 Å². The van der Waals surface area contributed by atoms with E-state index in [1.807, 2.05) is 6.92 Å². The van der Waals surface area contributed by atoms with Crippen LogP contribution in [0.15, 0.2) is 18.2 Å². The van der Waals surface area contributed by atoms with Crippen molar-refractivity contribution in [3.05, 3.63) is 35.1 Å². The molecule has 1 aromatic carbocycles. The van der Waals surface area contributed by atoms with E-state index in [-0.39, 0.29) is 23.9 Å². The quantitative estimate of drug-likeness (QED) is 0.781. The summed E-state index contributed by atoms with van der Waals surface area (Å²) in [5.74, 6) is -0.509. The van der Waals surface area contributed by atoms with E-state index >= 15 is 0 Å². The number of nitrogens with zero attached hydrogens (tertiary/aromatic N) is 1. The monoisotopic (exact) mass is 329 g/mol. The van der Waals surface area contributed by atoms with Gasteiger partial charge in [0.25, 0.3) is 5.91 Å². The highest BCUT2D eigenvalue weighted by atomic mass is 79.9. The molecule has 2 rings (SSSR count). The van der Waals surface area contributed by atoms with Crippen molar-refractivity contribution in [3.8, 4) is 0 Å². The number of ether oxygens (including phenoxy) is 1. The molecule has 1 aliphatic heterocycles. The number of hydrogen-bond donors (Lipinski definition) is 0. The van der Waals surface area contributed by atoms with Crippen LogP contribution in [0.5, 0.6) is 0 Å². The van der Waals surface area contributed by atoms with Crippen molar-refractivity contribution in [3.63, 3.8) is 0 Å². The summed E-state index contributed by atoms with van der Waals surface area (Å²) in [6.45, 7) is 4.76. The Morgan fingerprint density at radius 1 is 1.53 bits per heavy atom. The van der Waals surface area contributed by atoms with E-state index in [4.69, 9.17) is 4.74 Å². The van der Waals surface area contributed by atoms with E-state index in [2.05, 4.69) is 15.9 Å². The lowest BCUT2D eigenvalue weighted by atomic mass is 10.1. The van der Waals surface area contributed by atoms with Gasteiger partial charge in [0.05, 0.1) is 18.8 Å². The fourth-order valence-corrected chi connectivity index (χ4v) is 2.61. The molecule has 19 heavy (non-hydrogen) atoms. The van der Waals surface area contributed by atoms with E-state index in [0.29, 0.717) is 24.0 Å². The molecule has 104 valence electrons. The molecule has 1 amide bonds. The van der Waals surface area contributed by atoms with Crippen molar-refractivity contribution in [2.24, 2.45) is 0 Å². The number of rotatable bonds is 2. The molecule has 1 saturated heterocycles. The highest BCUT2D eigenvalue weighted by Gasteiger charge is 2.29. The smallest absolute Gasteiger partial charge is 0.254 e. The van der Waals surface area contributed by atoms with Gasteiger partial charge in [0, 0.05) is 17.4 Å². The molecule has 0 bridgehead atoms. The number of carbonyl (C=O) groups excluding carboxylic acids is 1.